The molecule has 0 heterocycles. The van der Waals surface area contributed by atoms with Gasteiger partial charge in [-0.15, -0.1) is 0 Å². The largest absolute Gasteiger partial charge is 0.492 e. The Kier molecular flexibility index (Phi) is 8.00. The van der Waals surface area contributed by atoms with Gasteiger partial charge in [0.1, 0.15) is 18.9 Å². The van der Waals surface area contributed by atoms with Crippen molar-refractivity contribution in [3.8, 4) is 5.75 Å². The molecule has 3 rings (SSSR count). The highest BCUT2D eigenvalue weighted by Crippen LogP contribution is 2.30. The highest BCUT2D eigenvalue weighted by Gasteiger charge is 2.28. The SMILES string of the molecule is Cc1ccc(OCCNC(=O)CN(c2cccc(Cl)c2C)S(=O)(=O)c2ccc(C)cc2)cc1. The first kappa shape index (κ1) is 24.6. The van der Waals surface area contributed by atoms with Gasteiger partial charge in [0.15, 0.2) is 0 Å². The molecule has 0 bridgehead atoms. The summed E-state index contributed by atoms with van der Waals surface area (Å²) in [6.07, 6.45) is 0. The van der Waals surface area contributed by atoms with Gasteiger partial charge in [0.2, 0.25) is 5.91 Å². The predicted octanol–water partition coefficient (Wildman–Crippen LogP) is 4.66. The average Bonchev–Trinajstić information content (AvgIpc) is 2.78. The maximum absolute atomic E-state index is 13.5. The van der Waals surface area contributed by atoms with E-state index in [0.717, 1.165) is 15.4 Å². The van der Waals surface area contributed by atoms with Gasteiger partial charge in [-0.2, -0.15) is 0 Å². The third kappa shape index (κ3) is 6.27. The minimum absolute atomic E-state index is 0.1000. The number of halogens is 1. The van der Waals surface area contributed by atoms with Crippen LogP contribution in [0.3, 0.4) is 0 Å². The molecule has 33 heavy (non-hydrogen) atoms. The zero-order chi connectivity index (χ0) is 24.0. The lowest BCUT2D eigenvalue weighted by atomic mass is 10.2. The van der Waals surface area contributed by atoms with Crippen LogP contribution in [0.2, 0.25) is 5.02 Å². The van der Waals surface area contributed by atoms with Gasteiger partial charge in [0, 0.05) is 5.02 Å². The monoisotopic (exact) mass is 486 g/mol. The average molecular weight is 487 g/mol. The van der Waals surface area contributed by atoms with Gasteiger partial charge in [-0.3, -0.25) is 9.10 Å². The number of ether oxygens (including phenoxy) is 1. The van der Waals surface area contributed by atoms with E-state index < -0.39 is 15.9 Å². The van der Waals surface area contributed by atoms with Crippen LogP contribution in [0.5, 0.6) is 5.75 Å². The first-order chi connectivity index (χ1) is 15.7. The Morgan fingerprint density at radius 1 is 0.939 bits per heavy atom. The normalized spacial score (nSPS) is 11.2. The lowest BCUT2D eigenvalue weighted by Crippen LogP contribution is -2.42. The fourth-order valence-electron chi connectivity index (χ4n) is 3.18. The Labute approximate surface area is 200 Å². The fourth-order valence-corrected chi connectivity index (χ4v) is 4.83. The molecule has 1 N–H and O–H groups in total. The fraction of sp³-hybridized carbons (Fsp3) is 0.240. The van der Waals surface area contributed by atoms with Crippen LogP contribution in [0.4, 0.5) is 5.69 Å². The maximum atomic E-state index is 13.5. The highest BCUT2D eigenvalue weighted by atomic mass is 35.5. The van der Waals surface area contributed by atoms with E-state index in [9.17, 15) is 13.2 Å². The Bertz CT molecular complexity index is 1210. The highest BCUT2D eigenvalue weighted by molar-refractivity contribution is 7.92. The predicted molar refractivity (Wildman–Crippen MR) is 132 cm³/mol. The van der Waals surface area contributed by atoms with Crippen LogP contribution in [-0.4, -0.2) is 34.0 Å². The van der Waals surface area contributed by atoms with Gasteiger partial charge in [-0.1, -0.05) is 53.1 Å². The molecule has 3 aromatic rings. The number of nitrogens with zero attached hydrogens (tertiary/aromatic N) is 1. The summed E-state index contributed by atoms with van der Waals surface area (Å²) >= 11 is 6.24. The topological polar surface area (TPSA) is 75.7 Å². The van der Waals surface area contributed by atoms with Crippen molar-refractivity contribution in [3.63, 3.8) is 0 Å². The van der Waals surface area contributed by atoms with Crippen molar-refractivity contribution >= 4 is 33.2 Å². The number of nitrogens with one attached hydrogen (secondary N) is 1. The van der Waals surface area contributed by atoms with Crippen LogP contribution in [0.1, 0.15) is 16.7 Å². The van der Waals surface area contributed by atoms with Crippen LogP contribution in [0.25, 0.3) is 0 Å². The number of carbonyl (C=O) groups is 1. The minimum Gasteiger partial charge on any atom is -0.492 e. The molecule has 0 aromatic heterocycles. The molecule has 8 heteroatoms. The molecule has 0 saturated heterocycles. The van der Waals surface area contributed by atoms with Crippen LogP contribution >= 0.6 is 11.6 Å². The molecule has 0 saturated carbocycles. The summed E-state index contributed by atoms with van der Waals surface area (Å²) < 4.78 is 33.6. The summed E-state index contributed by atoms with van der Waals surface area (Å²) in [4.78, 5) is 12.8. The summed E-state index contributed by atoms with van der Waals surface area (Å²) in [5, 5.41) is 3.15. The second-order valence-corrected chi connectivity index (χ2v) is 9.99. The second-order valence-electron chi connectivity index (χ2n) is 7.72. The molecule has 0 aliphatic carbocycles. The Morgan fingerprint density at radius 2 is 1.55 bits per heavy atom. The molecule has 3 aromatic carbocycles. The van der Waals surface area contributed by atoms with Crippen molar-refractivity contribution in [2.24, 2.45) is 0 Å². The molecule has 0 spiro atoms. The molecule has 0 radical (unpaired) electrons. The van der Waals surface area contributed by atoms with Gasteiger partial charge in [0.25, 0.3) is 10.0 Å². The summed E-state index contributed by atoms with van der Waals surface area (Å²) in [5.41, 5.74) is 2.99. The lowest BCUT2D eigenvalue weighted by Gasteiger charge is -2.26. The van der Waals surface area contributed by atoms with Crippen molar-refractivity contribution in [1.29, 1.82) is 0 Å². The summed E-state index contributed by atoms with van der Waals surface area (Å²) in [7, 11) is -4.00. The standard InChI is InChI=1S/C25H27ClN2O4S/c1-18-7-11-21(12-8-18)32-16-15-27-25(29)17-28(24-6-4-5-23(26)20(24)3)33(30,31)22-13-9-19(2)10-14-22/h4-14H,15-17H2,1-3H3,(H,27,29). The van der Waals surface area contributed by atoms with Gasteiger partial charge in [0.05, 0.1) is 17.1 Å². The van der Waals surface area contributed by atoms with E-state index >= 15 is 0 Å². The zero-order valence-electron chi connectivity index (χ0n) is 18.8. The first-order valence-corrected chi connectivity index (χ1v) is 12.3. The molecule has 1 amide bonds. The molecule has 0 aliphatic heterocycles. The zero-order valence-corrected chi connectivity index (χ0v) is 20.4. The van der Waals surface area contributed by atoms with Crippen molar-refractivity contribution in [2.75, 3.05) is 24.0 Å². The quantitative estimate of drug-likeness (QED) is 0.446. The van der Waals surface area contributed by atoms with Crippen LogP contribution in [0, 0.1) is 20.8 Å². The number of carbonyl (C=O) groups excluding carboxylic acids is 1. The van der Waals surface area contributed by atoms with E-state index in [1.165, 1.54) is 12.1 Å². The van der Waals surface area contributed by atoms with E-state index in [2.05, 4.69) is 5.32 Å². The van der Waals surface area contributed by atoms with Crippen LogP contribution in [0.15, 0.2) is 71.6 Å². The van der Waals surface area contributed by atoms with Gasteiger partial charge in [-0.25, -0.2) is 8.42 Å². The molecule has 6 nitrogen and oxygen atoms in total. The molecule has 0 atom stereocenters. The third-order valence-corrected chi connectivity index (χ3v) is 7.30. The van der Waals surface area contributed by atoms with Gasteiger partial charge >= 0.3 is 0 Å². The van der Waals surface area contributed by atoms with Crippen molar-refractivity contribution in [3.05, 3.63) is 88.4 Å². The van der Waals surface area contributed by atoms with Gasteiger partial charge < -0.3 is 10.1 Å². The van der Waals surface area contributed by atoms with Crippen LogP contribution < -0.4 is 14.4 Å². The Morgan fingerprint density at radius 3 is 2.18 bits per heavy atom. The number of hydrogen-bond donors (Lipinski definition) is 1. The molecule has 174 valence electrons. The summed E-state index contributed by atoms with van der Waals surface area (Å²) in [6.45, 7) is 5.70. The molecular formula is C25H27ClN2O4S. The first-order valence-electron chi connectivity index (χ1n) is 10.5. The molecule has 0 unspecified atom stereocenters. The maximum Gasteiger partial charge on any atom is 0.264 e. The van der Waals surface area contributed by atoms with Crippen molar-refractivity contribution < 1.29 is 17.9 Å². The van der Waals surface area contributed by atoms with E-state index in [1.54, 1.807) is 37.3 Å². The number of aryl methyl sites for hydroxylation is 2. The molecular weight excluding hydrogens is 460 g/mol. The van der Waals surface area contributed by atoms with E-state index in [0.29, 0.717) is 22.0 Å². The molecule has 0 aliphatic rings. The van der Waals surface area contributed by atoms with Crippen molar-refractivity contribution in [1.82, 2.24) is 5.32 Å². The minimum atomic E-state index is -4.00. The number of anilines is 1. The second kappa shape index (κ2) is 10.7. The van der Waals surface area contributed by atoms with E-state index in [-0.39, 0.29) is 24.6 Å². The van der Waals surface area contributed by atoms with E-state index in [1.807, 2.05) is 38.1 Å². The van der Waals surface area contributed by atoms with E-state index in [4.69, 9.17) is 16.3 Å². The number of amides is 1. The number of sulfonamides is 1. The van der Waals surface area contributed by atoms with Crippen molar-refractivity contribution in [2.45, 2.75) is 25.7 Å². The van der Waals surface area contributed by atoms with Gasteiger partial charge in [-0.05, 0) is 62.7 Å². The Hall–Kier alpha value is -3.03. The van der Waals surface area contributed by atoms with Crippen LogP contribution in [-0.2, 0) is 14.8 Å². The number of benzene rings is 3. The Balaban J connectivity index is 1.75. The number of rotatable bonds is 9. The lowest BCUT2D eigenvalue weighted by molar-refractivity contribution is -0.119. The third-order valence-electron chi connectivity index (χ3n) is 5.12. The molecule has 0 fully saturated rings. The smallest absolute Gasteiger partial charge is 0.264 e. The summed E-state index contributed by atoms with van der Waals surface area (Å²) in [5.74, 6) is 0.255. The number of hydrogen-bond acceptors (Lipinski definition) is 4. The summed E-state index contributed by atoms with van der Waals surface area (Å²) in [6, 6.07) is 19.1.